The van der Waals surface area contributed by atoms with Crippen LogP contribution in [0.15, 0.2) is 16.8 Å². The summed E-state index contributed by atoms with van der Waals surface area (Å²) >= 11 is 0. The van der Waals surface area contributed by atoms with Crippen LogP contribution < -0.4 is 22.1 Å². The fraction of sp³-hybridized carbons (Fsp3) is 0.538. The van der Waals surface area contributed by atoms with E-state index >= 15 is 0 Å². The molecule has 0 aromatic rings. The van der Waals surface area contributed by atoms with Crippen molar-refractivity contribution in [2.24, 2.45) is 16.5 Å². The molecule has 1 rings (SSSR count). The first-order valence-corrected chi connectivity index (χ1v) is 7.55. The van der Waals surface area contributed by atoms with Crippen LogP contribution in [0.3, 0.4) is 0 Å². The summed E-state index contributed by atoms with van der Waals surface area (Å²) in [5.41, 5.74) is 10.7. The second kappa shape index (κ2) is 9.63. The molecule has 0 aliphatic carbocycles. The van der Waals surface area contributed by atoms with Crippen molar-refractivity contribution in [1.29, 1.82) is 0 Å². The average Bonchev–Trinajstić information content (AvgIpc) is 2.58. The number of amides is 2. The van der Waals surface area contributed by atoms with E-state index in [0.717, 1.165) is 6.08 Å². The first kappa shape index (κ1) is 22.0. The van der Waals surface area contributed by atoms with Crippen molar-refractivity contribution in [1.82, 2.24) is 10.6 Å². The van der Waals surface area contributed by atoms with Gasteiger partial charge in [0.25, 0.3) is 0 Å². The molecule has 148 valence electrons. The Bertz CT molecular complexity index is 638. The molecule has 5 atom stereocenters. The molecular weight excluding hydrogens is 365 g/mol. The summed E-state index contributed by atoms with van der Waals surface area (Å²) in [5, 5.41) is 34.1. The molecule has 0 aromatic carbocycles. The van der Waals surface area contributed by atoms with E-state index in [0.29, 0.717) is 0 Å². The normalized spacial score (nSPS) is 23.7. The topological polar surface area (TPSA) is 219 Å². The predicted octanol–water partition coefficient (Wildman–Crippen LogP) is -3.97. The van der Waals surface area contributed by atoms with Gasteiger partial charge < -0.3 is 46.8 Å². The molecule has 13 nitrogen and oxygen atoms in total. The van der Waals surface area contributed by atoms with Gasteiger partial charge in [-0.1, -0.05) is 0 Å². The minimum atomic E-state index is -1.76. The largest absolute Gasteiger partial charge is 0.528 e. The van der Waals surface area contributed by atoms with Crippen LogP contribution in [-0.2, 0) is 19.0 Å². The Morgan fingerprint density at radius 1 is 1.41 bits per heavy atom. The molecule has 0 bridgehead atoms. The maximum absolute atomic E-state index is 11.5. The van der Waals surface area contributed by atoms with Crippen molar-refractivity contribution < 1.29 is 39.1 Å². The van der Waals surface area contributed by atoms with Crippen LogP contribution in [0.5, 0.6) is 0 Å². The van der Waals surface area contributed by atoms with Crippen molar-refractivity contribution in [2.45, 2.75) is 37.3 Å². The number of nitrogens with one attached hydrogen (secondary N) is 2. The van der Waals surface area contributed by atoms with E-state index in [-0.39, 0.29) is 0 Å². The second-order valence-electron chi connectivity index (χ2n) is 5.53. The fourth-order valence-corrected chi connectivity index (χ4v) is 2.38. The predicted molar refractivity (Wildman–Crippen MR) is 90.0 cm³/mol. The Labute approximate surface area is 154 Å². The minimum absolute atomic E-state index is 0.403. The number of nitrogens with zero attached hydrogens (tertiary/aromatic N) is 1. The van der Waals surface area contributed by atoms with Gasteiger partial charge in [-0.05, 0) is 6.08 Å². The number of hydrogen-bond acceptors (Lipinski definition) is 8. The zero-order chi connectivity index (χ0) is 20.7. The standard InChI is InChI=1S/C13H20BN5O8/c1-4(20)18-8-5(19-12(15)16)2-7(11(23)24)26-10(8)9(22)6(21)3-17-13(25)27-14/h2,5-6,8-10,21-22H,3H2,1H3,(H,17,25)(H,18,20)(H,23,24)(H4,15,16,19)/t5-,6+,8+,9+,10+/m0/s1. The Morgan fingerprint density at radius 2 is 2.04 bits per heavy atom. The van der Waals surface area contributed by atoms with Crippen LogP contribution in [0.1, 0.15) is 6.92 Å². The Hall–Kier alpha value is -3.00. The van der Waals surface area contributed by atoms with Crippen LogP contribution in [0, 0.1) is 0 Å². The lowest BCUT2D eigenvalue weighted by Gasteiger charge is -2.38. The number of carboxylic acids is 1. The zero-order valence-electron chi connectivity index (χ0n) is 14.2. The third kappa shape index (κ3) is 6.34. The molecule has 0 unspecified atom stereocenters. The molecule has 27 heavy (non-hydrogen) atoms. The Kier molecular flexibility index (Phi) is 7.87. The van der Waals surface area contributed by atoms with E-state index in [9.17, 15) is 29.7 Å². The molecule has 0 fully saturated rings. The highest BCUT2D eigenvalue weighted by Crippen LogP contribution is 2.24. The van der Waals surface area contributed by atoms with Gasteiger partial charge in [-0.15, -0.1) is 0 Å². The number of aliphatic hydroxyl groups is 2. The monoisotopic (exact) mass is 385 g/mol. The van der Waals surface area contributed by atoms with Crippen LogP contribution in [0.2, 0.25) is 0 Å². The van der Waals surface area contributed by atoms with E-state index in [4.69, 9.17) is 16.2 Å². The maximum atomic E-state index is 11.5. The van der Waals surface area contributed by atoms with Gasteiger partial charge in [-0.2, -0.15) is 0 Å². The van der Waals surface area contributed by atoms with Crippen molar-refractivity contribution >= 4 is 32.0 Å². The summed E-state index contributed by atoms with van der Waals surface area (Å²) in [6.45, 7) is 0.657. The van der Waals surface area contributed by atoms with Crippen LogP contribution in [0.4, 0.5) is 4.79 Å². The molecule has 0 saturated carbocycles. The third-order valence-corrected chi connectivity index (χ3v) is 3.48. The summed E-state index contributed by atoms with van der Waals surface area (Å²) in [4.78, 5) is 37.6. The van der Waals surface area contributed by atoms with Crippen molar-refractivity contribution in [3.8, 4) is 0 Å². The molecule has 2 radical (unpaired) electrons. The van der Waals surface area contributed by atoms with Crippen LogP contribution in [-0.4, -0.2) is 84.2 Å². The highest BCUT2D eigenvalue weighted by Gasteiger charge is 2.43. The van der Waals surface area contributed by atoms with Crippen LogP contribution in [0.25, 0.3) is 0 Å². The minimum Gasteiger partial charge on any atom is -0.528 e. The lowest BCUT2D eigenvalue weighted by Crippen LogP contribution is -2.60. The quantitative estimate of drug-likeness (QED) is 0.128. The number of ether oxygens (including phenoxy) is 1. The summed E-state index contributed by atoms with van der Waals surface area (Å²) in [5.74, 6) is -3.04. The molecule has 14 heteroatoms. The van der Waals surface area contributed by atoms with Gasteiger partial charge >= 0.3 is 20.1 Å². The number of carbonyl (C=O) groups excluding carboxylic acids is 2. The summed E-state index contributed by atoms with van der Waals surface area (Å²) < 4.78 is 9.05. The number of aliphatic imine (C=N–C) groups is 1. The molecule has 9 N–H and O–H groups in total. The average molecular weight is 385 g/mol. The van der Waals surface area contributed by atoms with E-state index in [1.807, 2.05) is 5.32 Å². The Morgan fingerprint density at radius 3 is 2.52 bits per heavy atom. The van der Waals surface area contributed by atoms with Gasteiger partial charge in [0.2, 0.25) is 11.7 Å². The zero-order valence-corrected chi connectivity index (χ0v) is 14.2. The number of rotatable bonds is 7. The number of hydrogen-bond donors (Lipinski definition) is 7. The molecule has 0 saturated heterocycles. The Balaban J connectivity index is 3.15. The third-order valence-electron chi connectivity index (χ3n) is 3.48. The number of guanidine groups is 1. The van der Waals surface area contributed by atoms with Crippen LogP contribution >= 0.6 is 0 Å². The number of aliphatic carboxylic acids is 1. The lowest BCUT2D eigenvalue weighted by molar-refractivity contribution is -0.144. The van der Waals surface area contributed by atoms with Gasteiger partial charge in [-0.3, -0.25) is 4.79 Å². The molecular formula is C13H20BN5O8. The number of carboxylic acid groups (broad SMARTS) is 1. The van der Waals surface area contributed by atoms with E-state index in [1.165, 1.54) is 6.92 Å². The van der Waals surface area contributed by atoms with E-state index in [2.05, 4.69) is 23.0 Å². The maximum Gasteiger partial charge on any atom is 0.388 e. The van der Waals surface area contributed by atoms with Crippen molar-refractivity contribution in [2.75, 3.05) is 6.54 Å². The molecule has 1 aliphatic heterocycles. The number of nitrogens with two attached hydrogens (primary N) is 2. The van der Waals surface area contributed by atoms with Gasteiger partial charge in [-0.25, -0.2) is 14.6 Å². The van der Waals surface area contributed by atoms with Crippen molar-refractivity contribution in [3.63, 3.8) is 0 Å². The smallest absolute Gasteiger partial charge is 0.388 e. The SMILES string of the molecule is [B]OC(=O)NC[C@@H](O)[C@@H](O)[C@@H]1OC(C(=O)O)=C[C@H](N=C(N)N)[C@H]1NC(C)=O. The molecule has 1 heterocycles. The summed E-state index contributed by atoms with van der Waals surface area (Å²) in [6.07, 6.45) is -4.90. The van der Waals surface area contributed by atoms with Gasteiger partial charge in [0.15, 0.2) is 5.96 Å². The second-order valence-corrected chi connectivity index (χ2v) is 5.53. The van der Waals surface area contributed by atoms with E-state index in [1.54, 1.807) is 0 Å². The van der Waals surface area contributed by atoms with Crippen molar-refractivity contribution in [3.05, 3.63) is 11.8 Å². The molecule has 0 spiro atoms. The highest BCUT2D eigenvalue weighted by atomic mass is 16.5. The fourth-order valence-electron chi connectivity index (χ4n) is 2.38. The summed E-state index contributed by atoms with van der Waals surface area (Å²) in [6, 6.07) is -2.23. The van der Waals surface area contributed by atoms with Gasteiger partial charge in [0.05, 0.1) is 12.1 Å². The summed E-state index contributed by atoms with van der Waals surface area (Å²) in [7, 11) is 4.63. The molecule has 0 aromatic heterocycles. The highest BCUT2D eigenvalue weighted by molar-refractivity contribution is 6.04. The molecule has 2 amide bonds. The van der Waals surface area contributed by atoms with Gasteiger partial charge in [0.1, 0.15) is 18.3 Å². The number of aliphatic hydroxyl groups excluding tert-OH is 2. The first-order valence-electron chi connectivity index (χ1n) is 7.55. The van der Waals surface area contributed by atoms with Gasteiger partial charge in [0, 0.05) is 13.5 Å². The molecule has 1 aliphatic rings. The first-order chi connectivity index (χ1) is 12.6. The van der Waals surface area contributed by atoms with E-state index < -0.39 is 66.6 Å². The number of carbonyl (C=O) groups is 3. The lowest BCUT2D eigenvalue weighted by atomic mass is 9.92.